The molecule has 2 amide bonds. The zero-order valence-electron chi connectivity index (χ0n) is 22.7. The highest BCUT2D eigenvalue weighted by Crippen LogP contribution is 2.21. The van der Waals surface area contributed by atoms with E-state index in [0.29, 0.717) is 25.9 Å². The molecule has 0 bridgehead atoms. The summed E-state index contributed by atoms with van der Waals surface area (Å²) in [6.07, 6.45) is 9.73. The normalized spacial score (nSPS) is 14.8. The zero-order chi connectivity index (χ0) is 25.7. The Morgan fingerprint density at radius 2 is 1.51 bits per heavy atom. The fourth-order valence-electron chi connectivity index (χ4n) is 4.54. The summed E-state index contributed by atoms with van der Waals surface area (Å²) in [5.41, 5.74) is 0.856. The van der Waals surface area contributed by atoms with Crippen LogP contribution < -0.4 is 0 Å². The van der Waals surface area contributed by atoms with Crippen LogP contribution in [0, 0.1) is 11.2 Å². The first-order valence-electron chi connectivity index (χ1n) is 13.7. The van der Waals surface area contributed by atoms with E-state index in [9.17, 15) is 14.0 Å². The lowest BCUT2D eigenvalue weighted by atomic mass is 9.91. The molecule has 0 atom stereocenters. The highest BCUT2D eigenvalue weighted by atomic mass is 19.1. The molecule has 0 saturated carbocycles. The molecule has 1 aromatic rings. The molecule has 5 nitrogen and oxygen atoms in total. The van der Waals surface area contributed by atoms with E-state index >= 15 is 0 Å². The number of hydrogen-bond donors (Lipinski definition) is 0. The Bertz CT molecular complexity index is 752. The first kappa shape index (κ1) is 29.3. The van der Waals surface area contributed by atoms with Crippen LogP contribution in [0.3, 0.4) is 0 Å². The van der Waals surface area contributed by atoms with Crippen LogP contribution in [0.1, 0.15) is 91.0 Å². The molecule has 1 fully saturated rings. The molecular weight excluding hydrogens is 441 g/mol. The van der Waals surface area contributed by atoms with Crippen molar-refractivity contribution in [1.82, 2.24) is 14.7 Å². The highest BCUT2D eigenvalue weighted by molar-refractivity contribution is 5.77. The summed E-state index contributed by atoms with van der Waals surface area (Å²) in [7, 11) is 0. The molecular formula is C29H48FN3O2. The largest absolute Gasteiger partial charge is 0.340 e. The van der Waals surface area contributed by atoms with Crippen LogP contribution in [0.25, 0.3) is 0 Å². The maximum absolute atomic E-state index is 13.3. The molecule has 0 radical (unpaired) electrons. The first-order valence-corrected chi connectivity index (χ1v) is 13.7. The van der Waals surface area contributed by atoms with E-state index in [1.54, 1.807) is 12.1 Å². The lowest BCUT2D eigenvalue weighted by Crippen LogP contribution is -2.50. The van der Waals surface area contributed by atoms with Gasteiger partial charge in [0, 0.05) is 58.7 Å². The van der Waals surface area contributed by atoms with E-state index in [1.807, 2.05) is 9.80 Å². The summed E-state index contributed by atoms with van der Waals surface area (Å²) in [4.78, 5) is 31.9. The van der Waals surface area contributed by atoms with Gasteiger partial charge in [0.2, 0.25) is 11.8 Å². The second-order valence-electron chi connectivity index (χ2n) is 11.3. The van der Waals surface area contributed by atoms with Crippen LogP contribution in [0.15, 0.2) is 24.3 Å². The van der Waals surface area contributed by atoms with E-state index in [2.05, 4.69) is 32.6 Å². The predicted molar refractivity (Wildman–Crippen MR) is 142 cm³/mol. The van der Waals surface area contributed by atoms with Gasteiger partial charge in [0.05, 0.1) is 0 Å². The molecule has 1 aliphatic rings. The van der Waals surface area contributed by atoms with Crippen molar-refractivity contribution in [3.05, 3.63) is 35.6 Å². The minimum atomic E-state index is -0.263. The number of unbranched alkanes of at least 4 members (excludes halogenated alkanes) is 6. The van der Waals surface area contributed by atoms with Gasteiger partial charge in [0.1, 0.15) is 5.82 Å². The number of nitrogens with zero attached hydrogens (tertiary/aromatic N) is 3. The lowest BCUT2D eigenvalue weighted by Gasteiger charge is -2.36. The molecule has 0 aliphatic carbocycles. The fourth-order valence-corrected chi connectivity index (χ4v) is 4.54. The van der Waals surface area contributed by atoms with E-state index in [-0.39, 0.29) is 23.0 Å². The lowest BCUT2D eigenvalue weighted by molar-refractivity contribution is -0.134. The standard InChI is InChI=1S/C29H48FN3O2/c1-5-6-7-8-9-10-11-12-27(34)32-20-17-31(18-21-32)19-22-33(28(35)23-29(2,3)4)24-25-13-15-26(30)16-14-25/h13-16H,5-12,17-24H2,1-4H3. The monoisotopic (exact) mass is 489 g/mol. The Morgan fingerprint density at radius 1 is 0.914 bits per heavy atom. The number of halogens is 1. The maximum Gasteiger partial charge on any atom is 0.223 e. The van der Waals surface area contributed by atoms with E-state index in [1.165, 1.54) is 44.2 Å². The Labute approximate surface area is 213 Å². The summed E-state index contributed by atoms with van der Waals surface area (Å²) < 4.78 is 13.3. The van der Waals surface area contributed by atoms with Gasteiger partial charge in [-0.3, -0.25) is 14.5 Å². The van der Waals surface area contributed by atoms with Gasteiger partial charge in [0.25, 0.3) is 0 Å². The van der Waals surface area contributed by atoms with Crippen LogP contribution in [-0.2, 0) is 16.1 Å². The molecule has 198 valence electrons. The summed E-state index contributed by atoms with van der Waals surface area (Å²) in [6, 6.07) is 6.40. The number of benzene rings is 1. The molecule has 35 heavy (non-hydrogen) atoms. The molecule has 2 rings (SSSR count). The van der Waals surface area contributed by atoms with Gasteiger partial charge < -0.3 is 9.80 Å². The van der Waals surface area contributed by atoms with Crippen LogP contribution >= 0.6 is 0 Å². The highest BCUT2D eigenvalue weighted by Gasteiger charge is 2.24. The number of carbonyl (C=O) groups is 2. The van der Waals surface area contributed by atoms with Crippen molar-refractivity contribution in [1.29, 1.82) is 0 Å². The van der Waals surface area contributed by atoms with Crippen molar-refractivity contribution in [2.24, 2.45) is 5.41 Å². The van der Waals surface area contributed by atoms with Gasteiger partial charge in [-0.15, -0.1) is 0 Å². The van der Waals surface area contributed by atoms with Crippen molar-refractivity contribution in [2.75, 3.05) is 39.3 Å². The van der Waals surface area contributed by atoms with Crippen molar-refractivity contribution in [3.63, 3.8) is 0 Å². The molecule has 1 aromatic carbocycles. The molecule has 6 heteroatoms. The predicted octanol–water partition coefficient (Wildman–Crippen LogP) is 5.88. The van der Waals surface area contributed by atoms with Gasteiger partial charge >= 0.3 is 0 Å². The third-order valence-electron chi connectivity index (χ3n) is 6.73. The minimum Gasteiger partial charge on any atom is -0.340 e. The number of piperazine rings is 1. The van der Waals surface area contributed by atoms with Crippen LogP contribution in [-0.4, -0.2) is 65.8 Å². The van der Waals surface area contributed by atoms with Gasteiger partial charge in [-0.2, -0.15) is 0 Å². The third-order valence-corrected chi connectivity index (χ3v) is 6.73. The maximum atomic E-state index is 13.3. The van der Waals surface area contributed by atoms with Gasteiger partial charge in [0.15, 0.2) is 0 Å². The quantitative estimate of drug-likeness (QED) is 0.307. The van der Waals surface area contributed by atoms with Crippen molar-refractivity contribution in [3.8, 4) is 0 Å². The first-order chi connectivity index (χ1) is 16.7. The Kier molecular flexibility index (Phi) is 12.7. The molecule has 0 N–H and O–H groups in total. The van der Waals surface area contributed by atoms with Crippen LogP contribution in [0.5, 0.6) is 0 Å². The number of rotatable bonds is 14. The molecule has 0 unspecified atom stereocenters. The van der Waals surface area contributed by atoms with Crippen molar-refractivity contribution >= 4 is 11.8 Å². The molecule has 1 aliphatic heterocycles. The van der Waals surface area contributed by atoms with E-state index in [4.69, 9.17) is 0 Å². The summed E-state index contributed by atoms with van der Waals surface area (Å²) in [6.45, 7) is 13.6. The average molecular weight is 490 g/mol. The van der Waals surface area contributed by atoms with Crippen LogP contribution in [0.4, 0.5) is 4.39 Å². The second kappa shape index (κ2) is 15.2. The number of carbonyl (C=O) groups excluding carboxylic acids is 2. The number of amides is 2. The molecule has 1 saturated heterocycles. The molecule has 1 heterocycles. The Hall–Kier alpha value is -1.95. The number of hydrogen-bond acceptors (Lipinski definition) is 3. The molecule has 0 spiro atoms. The topological polar surface area (TPSA) is 43.9 Å². The zero-order valence-corrected chi connectivity index (χ0v) is 22.7. The third kappa shape index (κ3) is 12.0. The van der Waals surface area contributed by atoms with Gasteiger partial charge in [-0.25, -0.2) is 4.39 Å². The van der Waals surface area contributed by atoms with Crippen molar-refractivity contribution < 1.29 is 14.0 Å². The van der Waals surface area contributed by atoms with Crippen LogP contribution in [0.2, 0.25) is 0 Å². The average Bonchev–Trinajstić information content (AvgIpc) is 2.81. The summed E-state index contributed by atoms with van der Waals surface area (Å²) >= 11 is 0. The molecule has 0 aromatic heterocycles. The Morgan fingerprint density at radius 3 is 2.11 bits per heavy atom. The summed E-state index contributed by atoms with van der Waals surface area (Å²) in [5.74, 6) is 0.155. The Balaban J connectivity index is 1.75. The van der Waals surface area contributed by atoms with Gasteiger partial charge in [-0.1, -0.05) is 78.4 Å². The smallest absolute Gasteiger partial charge is 0.223 e. The summed E-state index contributed by atoms with van der Waals surface area (Å²) in [5, 5.41) is 0. The SMILES string of the molecule is CCCCCCCCCC(=O)N1CCN(CCN(Cc2ccc(F)cc2)C(=O)CC(C)(C)C)CC1. The van der Waals surface area contributed by atoms with Gasteiger partial charge in [-0.05, 0) is 29.5 Å². The fraction of sp³-hybridized carbons (Fsp3) is 0.724. The van der Waals surface area contributed by atoms with E-state index < -0.39 is 0 Å². The minimum absolute atomic E-state index is 0.0837. The second-order valence-corrected chi connectivity index (χ2v) is 11.3. The van der Waals surface area contributed by atoms with E-state index in [0.717, 1.165) is 51.1 Å². The van der Waals surface area contributed by atoms with Crippen molar-refractivity contribution in [2.45, 2.75) is 92.0 Å².